The number of thiazole rings is 1. The maximum Gasteiger partial charge on any atom is 0.280 e. The molecule has 3 atom stereocenters. The highest BCUT2D eigenvalue weighted by Crippen LogP contribution is 2.26. The molecule has 13 heteroatoms. The fourth-order valence-corrected chi connectivity index (χ4v) is 7.24. The summed E-state index contributed by atoms with van der Waals surface area (Å²) < 4.78 is 10.6. The molecule has 3 aromatic rings. The molecule has 0 spiro atoms. The van der Waals surface area contributed by atoms with Gasteiger partial charge in [-0.3, -0.25) is 14.4 Å². The second-order valence-corrected chi connectivity index (χ2v) is 13.2. The Balaban J connectivity index is 1.32. The highest BCUT2D eigenvalue weighted by molar-refractivity contribution is 7.13. The summed E-state index contributed by atoms with van der Waals surface area (Å²) in [6.07, 6.45) is 3.69. The van der Waals surface area contributed by atoms with Gasteiger partial charge in [0.05, 0.1) is 30.3 Å². The Morgan fingerprint density at radius 3 is 2.73 bits per heavy atom. The number of nitrogens with zero attached hydrogens (tertiary/aromatic N) is 3. The fraction of sp³-hybridized carbons (Fsp3) is 0.548. The molecule has 1 fully saturated rings. The van der Waals surface area contributed by atoms with E-state index in [1.165, 1.54) is 11.3 Å². The van der Waals surface area contributed by atoms with E-state index in [1.807, 2.05) is 6.07 Å². The first-order valence-electron chi connectivity index (χ1n) is 15.1. The van der Waals surface area contributed by atoms with E-state index in [1.54, 1.807) is 37.3 Å². The molecule has 1 aromatic carbocycles. The molecule has 238 valence electrons. The second kappa shape index (κ2) is 14.8. The summed E-state index contributed by atoms with van der Waals surface area (Å²) in [4.78, 5) is 53.5. The molecule has 4 heterocycles. The standard InChI is InChI=1S/C31H41ClN6O5S/c1-37-11-9-24-27(17-37)44-30(36-24)29(40)35-26-16-38(31(41)19(18-43-3)6-4-5-13-42-2)12-10-23(26)34-28(39)25-15-20-14-21(32)7-8-22(20)33-25/h7-8,14-15,19,23,26,33H,4-6,9-13,16-18H2,1-3H3,(H,34,39)(H,35,40)/t19?,23-,26+/m0/s1. The Morgan fingerprint density at radius 1 is 1.11 bits per heavy atom. The van der Waals surface area contributed by atoms with Crippen molar-refractivity contribution in [2.45, 2.75) is 50.7 Å². The van der Waals surface area contributed by atoms with Gasteiger partial charge in [-0.15, -0.1) is 11.3 Å². The number of halogens is 1. The molecule has 3 N–H and O–H groups in total. The van der Waals surface area contributed by atoms with Gasteiger partial charge < -0.3 is 34.9 Å². The number of nitrogens with one attached hydrogen (secondary N) is 3. The minimum atomic E-state index is -0.511. The number of hydrogen-bond acceptors (Lipinski definition) is 8. The van der Waals surface area contributed by atoms with Crippen LogP contribution in [-0.4, -0.2) is 104 Å². The van der Waals surface area contributed by atoms with Crippen LogP contribution in [0.5, 0.6) is 0 Å². The molecule has 11 nitrogen and oxygen atoms in total. The fourth-order valence-electron chi connectivity index (χ4n) is 5.97. The van der Waals surface area contributed by atoms with Gasteiger partial charge in [0, 0.05) is 74.2 Å². The maximum atomic E-state index is 13.7. The van der Waals surface area contributed by atoms with E-state index in [4.69, 9.17) is 21.1 Å². The van der Waals surface area contributed by atoms with Crippen LogP contribution in [0.4, 0.5) is 0 Å². The first kappa shape index (κ1) is 32.4. The van der Waals surface area contributed by atoms with Crippen LogP contribution in [0.25, 0.3) is 10.9 Å². The number of aromatic amines is 1. The number of hydrogen-bond donors (Lipinski definition) is 3. The van der Waals surface area contributed by atoms with Gasteiger partial charge in [-0.2, -0.15) is 0 Å². The van der Waals surface area contributed by atoms with Crippen LogP contribution in [0.1, 0.15) is 56.5 Å². The number of amides is 3. The number of methoxy groups -OCH3 is 2. The molecular formula is C31H41ClN6O5S. The van der Waals surface area contributed by atoms with Crippen LogP contribution >= 0.6 is 22.9 Å². The maximum absolute atomic E-state index is 13.7. The molecule has 1 unspecified atom stereocenters. The SMILES string of the molecule is COCCCCC(COC)C(=O)N1CC[C@H](NC(=O)c2cc3cc(Cl)ccc3[nH]2)[C@H](NC(=O)c2nc3c(s2)CN(C)CC3)C1. The molecule has 3 amide bonds. The van der Waals surface area contributed by atoms with Crippen molar-refractivity contribution in [3.05, 3.63) is 50.6 Å². The molecule has 5 rings (SSSR count). The van der Waals surface area contributed by atoms with Crippen molar-refractivity contribution in [1.29, 1.82) is 0 Å². The highest BCUT2D eigenvalue weighted by atomic mass is 35.5. The molecule has 2 aliphatic rings. The smallest absolute Gasteiger partial charge is 0.280 e. The Labute approximate surface area is 266 Å². The van der Waals surface area contributed by atoms with Crippen LogP contribution in [0.15, 0.2) is 24.3 Å². The van der Waals surface area contributed by atoms with Gasteiger partial charge in [0.2, 0.25) is 5.91 Å². The topological polar surface area (TPSA) is 129 Å². The summed E-state index contributed by atoms with van der Waals surface area (Å²) in [5, 5.41) is 8.07. The third-order valence-electron chi connectivity index (χ3n) is 8.37. The zero-order valence-electron chi connectivity index (χ0n) is 25.5. The van der Waals surface area contributed by atoms with Gasteiger partial charge in [-0.25, -0.2) is 4.98 Å². The molecule has 1 saturated heterocycles. The van der Waals surface area contributed by atoms with Crippen LogP contribution < -0.4 is 10.6 Å². The summed E-state index contributed by atoms with van der Waals surface area (Å²) in [7, 11) is 5.32. The van der Waals surface area contributed by atoms with Crippen LogP contribution in [0, 0.1) is 5.92 Å². The molecule has 0 saturated carbocycles. The van der Waals surface area contributed by atoms with E-state index >= 15 is 0 Å². The molecule has 0 aliphatic carbocycles. The average molecular weight is 645 g/mol. The van der Waals surface area contributed by atoms with Gasteiger partial charge in [0.25, 0.3) is 11.8 Å². The number of benzene rings is 1. The van der Waals surface area contributed by atoms with Gasteiger partial charge in [-0.05, 0) is 50.6 Å². The van der Waals surface area contributed by atoms with Gasteiger partial charge in [0.1, 0.15) is 5.69 Å². The van der Waals surface area contributed by atoms with Crippen molar-refractivity contribution >= 4 is 51.6 Å². The number of ether oxygens (including phenoxy) is 2. The third-order valence-corrected chi connectivity index (χ3v) is 9.69. The Hall–Kier alpha value is -3.03. The predicted octanol–water partition coefficient (Wildman–Crippen LogP) is 3.47. The van der Waals surface area contributed by atoms with E-state index in [0.29, 0.717) is 48.3 Å². The molecule has 44 heavy (non-hydrogen) atoms. The van der Waals surface area contributed by atoms with Crippen molar-refractivity contribution in [1.82, 2.24) is 30.4 Å². The van der Waals surface area contributed by atoms with Crippen molar-refractivity contribution in [2.24, 2.45) is 5.92 Å². The number of piperidine rings is 1. The second-order valence-electron chi connectivity index (χ2n) is 11.7. The highest BCUT2D eigenvalue weighted by Gasteiger charge is 2.36. The van der Waals surface area contributed by atoms with Crippen molar-refractivity contribution < 1.29 is 23.9 Å². The quantitative estimate of drug-likeness (QED) is 0.258. The molecular weight excluding hydrogens is 604 g/mol. The van der Waals surface area contributed by atoms with Gasteiger partial charge in [-0.1, -0.05) is 18.0 Å². The van der Waals surface area contributed by atoms with Crippen LogP contribution in [-0.2, 0) is 27.2 Å². The van der Waals surface area contributed by atoms with E-state index in [-0.39, 0.29) is 30.2 Å². The molecule has 2 aliphatic heterocycles. The Morgan fingerprint density at radius 2 is 1.93 bits per heavy atom. The monoisotopic (exact) mass is 644 g/mol. The molecule has 0 bridgehead atoms. The number of carbonyl (C=O) groups is 3. The minimum absolute atomic E-state index is 0.00598. The van der Waals surface area contributed by atoms with Crippen LogP contribution in [0.2, 0.25) is 5.02 Å². The number of unbranched alkanes of at least 4 members (excludes halogenated alkanes) is 1. The van der Waals surface area contributed by atoms with Crippen molar-refractivity contribution in [3.63, 3.8) is 0 Å². The van der Waals surface area contributed by atoms with E-state index < -0.39 is 12.1 Å². The number of H-pyrrole nitrogens is 1. The summed E-state index contributed by atoms with van der Waals surface area (Å²) in [6.45, 7) is 3.36. The van der Waals surface area contributed by atoms with Crippen LogP contribution in [0.3, 0.4) is 0 Å². The lowest BCUT2D eigenvalue weighted by atomic mass is 9.95. The van der Waals surface area contributed by atoms with Gasteiger partial charge in [0.15, 0.2) is 5.01 Å². The number of fused-ring (bicyclic) bond motifs is 2. The summed E-state index contributed by atoms with van der Waals surface area (Å²) in [6, 6.07) is 6.26. The Bertz CT molecular complexity index is 1480. The zero-order valence-corrected chi connectivity index (χ0v) is 27.1. The normalized spacial score (nSPS) is 19.5. The lowest BCUT2D eigenvalue weighted by Gasteiger charge is -2.40. The number of likely N-dealkylation sites (N-methyl/N-ethyl adjacent to an activating group) is 1. The lowest BCUT2D eigenvalue weighted by molar-refractivity contribution is -0.139. The summed E-state index contributed by atoms with van der Waals surface area (Å²) in [5.74, 6) is -0.878. The zero-order chi connectivity index (χ0) is 31.2. The third kappa shape index (κ3) is 7.78. The van der Waals surface area contributed by atoms with Gasteiger partial charge >= 0.3 is 0 Å². The average Bonchev–Trinajstić information content (AvgIpc) is 3.63. The molecule has 0 radical (unpaired) electrons. The first-order valence-corrected chi connectivity index (χ1v) is 16.3. The van der Waals surface area contributed by atoms with Crippen molar-refractivity contribution in [2.75, 3.05) is 54.1 Å². The number of likely N-dealkylation sites (tertiary alicyclic amines) is 1. The van der Waals surface area contributed by atoms with Crippen molar-refractivity contribution in [3.8, 4) is 0 Å². The van der Waals surface area contributed by atoms with E-state index in [2.05, 4.69) is 32.5 Å². The number of aromatic nitrogens is 2. The number of carbonyl (C=O) groups excluding carboxylic acids is 3. The lowest BCUT2D eigenvalue weighted by Crippen LogP contribution is -2.62. The largest absolute Gasteiger partial charge is 0.385 e. The van der Waals surface area contributed by atoms with E-state index in [9.17, 15) is 14.4 Å². The summed E-state index contributed by atoms with van der Waals surface area (Å²) >= 11 is 7.55. The first-order chi connectivity index (χ1) is 21.2. The van der Waals surface area contributed by atoms with E-state index in [0.717, 1.165) is 53.8 Å². The predicted molar refractivity (Wildman–Crippen MR) is 170 cm³/mol. The minimum Gasteiger partial charge on any atom is -0.385 e. The summed E-state index contributed by atoms with van der Waals surface area (Å²) in [5.41, 5.74) is 2.18. The Kier molecular flexibility index (Phi) is 10.9. The molecule has 2 aromatic heterocycles. The number of rotatable bonds is 12.